The fourth-order valence-electron chi connectivity index (χ4n) is 2.04. The molecule has 92 valence electrons. The lowest BCUT2D eigenvalue weighted by Gasteiger charge is -2.30. The second-order valence-corrected chi connectivity index (χ2v) is 5.13. The van der Waals surface area contributed by atoms with E-state index in [1.807, 2.05) is 4.90 Å². The first-order valence-electron chi connectivity index (χ1n) is 6.53. The molecule has 2 heteroatoms. The maximum atomic E-state index is 11.7. The van der Waals surface area contributed by atoms with Crippen molar-refractivity contribution in [2.45, 2.75) is 39.0 Å². The summed E-state index contributed by atoms with van der Waals surface area (Å²) < 4.78 is 0. The molecule has 1 aliphatic heterocycles. The minimum atomic E-state index is 0.309. The van der Waals surface area contributed by atoms with E-state index in [1.54, 1.807) is 0 Å². The molecule has 2 rings (SSSR count). The van der Waals surface area contributed by atoms with Gasteiger partial charge in [-0.1, -0.05) is 38.1 Å². The molecule has 0 spiro atoms. The zero-order valence-electron chi connectivity index (χ0n) is 10.8. The molecule has 0 bridgehead atoms. The van der Waals surface area contributed by atoms with Crippen LogP contribution in [0, 0.1) is 0 Å². The van der Waals surface area contributed by atoms with Gasteiger partial charge in [0.2, 0.25) is 5.91 Å². The first-order valence-corrected chi connectivity index (χ1v) is 6.53. The highest BCUT2D eigenvalue weighted by Gasteiger charge is 2.19. The maximum absolute atomic E-state index is 11.7. The Kier molecular flexibility index (Phi) is 3.82. The molecular formula is C15H21NO. The van der Waals surface area contributed by atoms with Gasteiger partial charge in [-0.05, 0) is 29.9 Å². The van der Waals surface area contributed by atoms with Gasteiger partial charge in [-0.15, -0.1) is 0 Å². The topological polar surface area (TPSA) is 20.3 Å². The van der Waals surface area contributed by atoms with Gasteiger partial charge in [0.25, 0.3) is 0 Å². The van der Waals surface area contributed by atoms with Crippen LogP contribution in [0.25, 0.3) is 0 Å². The molecule has 1 heterocycles. The van der Waals surface area contributed by atoms with Crippen molar-refractivity contribution >= 4 is 5.91 Å². The van der Waals surface area contributed by atoms with Gasteiger partial charge in [-0.25, -0.2) is 0 Å². The molecule has 0 atom stereocenters. The first-order chi connectivity index (χ1) is 8.16. The smallest absolute Gasteiger partial charge is 0.222 e. The zero-order chi connectivity index (χ0) is 12.3. The summed E-state index contributed by atoms with van der Waals surface area (Å²) in [6, 6.07) is 8.65. The highest BCUT2D eigenvalue weighted by Crippen LogP contribution is 2.16. The van der Waals surface area contributed by atoms with Gasteiger partial charge in [-0.2, -0.15) is 0 Å². The van der Waals surface area contributed by atoms with E-state index in [9.17, 15) is 4.79 Å². The fraction of sp³-hybridized carbons (Fsp3) is 0.533. The average Bonchev–Trinajstić information content (AvgIpc) is 2.24. The van der Waals surface area contributed by atoms with Crippen molar-refractivity contribution in [3.05, 3.63) is 35.4 Å². The number of hydrogen-bond acceptors (Lipinski definition) is 1. The van der Waals surface area contributed by atoms with E-state index in [1.165, 1.54) is 17.5 Å². The summed E-state index contributed by atoms with van der Waals surface area (Å²) in [5.41, 5.74) is 2.63. The maximum Gasteiger partial charge on any atom is 0.222 e. The summed E-state index contributed by atoms with van der Waals surface area (Å²) in [5.74, 6) is 0.885. The standard InChI is InChI=1S/C15H21NO/c1-12(2)14-7-4-13(5-8-14)6-9-15(17)16-10-3-11-16/h4-5,7-8,12H,3,6,9-11H2,1-2H3. The Bertz CT molecular complexity index is 376. The minimum Gasteiger partial charge on any atom is -0.343 e. The minimum absolute atomic E-state index is 0.309. The van der Waals surface area contributed by atoms with Crippen molar-refractivity contribution in [3.8, 4) is 0 Å². The van der Waals surface area contributed by atoms with Crippen LogP contribution in [-0.4, -0.2) is 23.9 Å². The van der Waals surface area contributed by atoms with Crippen LogP contribution < -0.4 is 0 Å². The van der Waals surface area contributed by atoms with Crippen LogP contribution in [0.15, 0.2) is 24.3 Å². The Morgan fingerprint density at radius 3 is 2.35 bits per heavy atom. The van der Waals surface area contributed by atoms with Crippen LogP contribution in [0.4, 0.5) is 0 Å². The van der Waals surface area contributed by atoms with Gasteiger partial charge in [0.05, 0.1) is 0 Å². The highest BCUT2D eigenvalue weighted by molar-refractivity contribution is 5.77. The lowest BCUT2D eigenvalue weighted by Crippen LogP contribution is -2.42. The van der Waals surface area contributed by atoms with E-state index >= 15 is 0 Å². The fourth-order valence-corrected chi connectivity index (χ4v) is 2.04. The molecule has 17 heavy (non-hydrogen) atoms. The van der Waals surface area contributed by atoms with Crippen molar-refractivity contribution in [1.29, 1.82) is 0 Å². The molecule has 0 radical (unpaired) electrons. The number of aryl methyl sites for hydroxylation is 1. The summed E-state index contributed by atoms with van der Waals surface area (Å²) in [6.07, 6.45) is 2.70. The lowest BCUT2D eigenvalue weighted by molar-refractivity contribution is -0.134. The van der Waals surface area contributed by atoms with Crippen LogP contribution in [0.2, 0.25) is 0 Å². The van der Waals surface area contributed by atoms with E-state index in [4.69, 9.17) is 0 Å². The van der Waals surface area contributed by atoms with Crippen molar-refractivity contribution in [1.82, 2.24) is 4.90 Å². The van der Waals surface area contributed by atoms with Crippen LogP contribution in [0.1, 0.15) is 43.7 Å². The van der Waals surface area contributed by atoms with E-state index < -0.39 is 0 Å². The average molecular weight is 231 g/mol. The van der Waals surface area contributed by atoms with E-state index in [0.29, 0.717) is 18.2 Å². The number of carbonyl (C=O) groups excluding carboxylic acids is 1. The predicted octanol–water partition coefficient (Wildman–Crippen LogP) is 2.97. The largest absolute Gasteiger partial charge is 0.343 e. The Morgan fingerprint density at radius 1 is 1.24 bits per heavy atom. The van der Waals surface area contributed by atoms with Crippen molar-refractivity contribution < 1.29 is 4.79 Å². The Hall–Kier alpha value is -1.31. The molecule has 1 saturated heterocycles. The second-order valence-electron chi connectivity index (χ2n) is 5.13. The Balaban J connectivity index is 1.84. The van der Waals surface area contributed by atoms with Gasteiger partial charge in [-0.3, -0.25) is 4.79 Å². The summed E-state index contributed by atoms with van der Waals surface area (Å²) in [6.45, 7) is 6.32. The summed E-state index contributed by atoms with van der Waals surface area (Å²) in [7, 11) is 0. The lowest BCUT2D eigenvalue weighted by atomic mass is 10.00. The van der Waals surface area contributed by atoms with Crippen molar-refractivity contribution in [2.75, 3.05) is 13.1 Å². The number of hydrogen-bond donors (Lipinski definition) is 0. The Labute approximate surface area is 104 Å². The highest BCUT2D eigenvalue weighted by atomic mass is 16.2. The van der Waals surface area contributed by atoms with Gasteiger partial charge >= 0.3 is 0 Å². The molecule has 1 aliphatic rings. The quantitative estimate of drug-likeness (QED) is 0.780. The van der Waals surface area contributed by atoms with Gasteiger partial charge in [0, 0.05) is 19.5 Å². The molecule has 0 N–H and O–H groups in total. The third kappa shape index (κ3) is 3.09. The number of nitrogens with zero attached hydrogens (tertiary/aromatic N) is 1. The molecular weight excluding hydrogens is 210 g/mol. The number of carbonyl (C=O) groups is 1. The van der Waals surface area contributed by atoms with E-state index in [2.05, 4.69) is 38.1 Å². The summed E-state index contributed by atoms with van der Waals surface area (Å²) in [4.78, 5) is 13.6. The zero-order valence-corrected chi connectivity index (χ0v) is 10.8. The van der Waals surface area contributed by atoms with Crippen LogP contribution >= 0.6 is 0 Å². The Morgan fingerprint density at radius 2 is 1.88 bits per heavy atom. The monoisotopic (exact) mass is 231 g/mol. The van der Waals surface area contributed by atoms with Crippen molar-refractivity contribution in [2.24, 2.45) is 0 Å². The normalized spacial score (nSPS) is 14.9. The van der Waals surface area contributed by atoms with Gasteiger partial charge in [0.1, 0.15) is 0 Å². The van der Waals surface area contributed by atoms with Crippen LogP contribution in [0.5, 0.6) is 0 Å². The predicted molar refractivity (Wildman–Crippen MR) is 70.0 cm³/mol. The molecule has 1 amide bonds. The number of benzene rings is 1. The van der Waals surface area contributed by atoms with Crippen LogP contribution in [0.3, 0.4) is 0 Å². The van der Waals surface area contributed by atoms with E-state index in [0.717, 1.165) is 19.5 Å². The second kappa shape index (κ2) is 5.35. The van der Waals surface area contributed by atoms with E-state index in [-0.39, 0.29) is 0 Å². The number of rotatable bonds is 4. The summed E-state index contributed by atoms with van der Waals surface area (Å²) in [5, 5.41) is 0. The number of amides is 1. The third-order valence-electron chi connectivity index (χ3n) is 3.48. The molecule has 0 unspecified atom stereocenters. The molecule has 0 saturated carbocycles. The molecule has 1 aromatic carbocycles. The van der Waals surface area contributed by atoms with Crippen LogP contribution in [-0.2, 0) is 11.2 Å². The van der Waals surface area contributed by atoms with Crippen molar-refractivity contribution in [3.63, 3.8) is 0 Å². The third-order valence-corrected chi connectivity index (χ3v) is 3.48. The number of likely N-dealkylation sites (tertiary alicyclic amines) is 1. The van der Waals surface area contributed by atoms with Gasteiger partial charge < -0.3 is 4.90 Å². The molecule has 0 aliphatic carbocycles. The molecule has 1 fully saturated rings. The molecule has 1 aromatic rings. The SMILES string of the molecule is CC(C)c1ccc(CCC(=O)N2CCC2)cc1. The first kappa shape index (κ1) is 12.2. The summed E-state index contributed by atoms with van der Waals surface area (Å²) >= 11 is 0. The molecule has 2 nitrogen and oxygen atoms in total. The van der Waals surface area contributed by atoms with Gasteiger partial charge in [0.15, 0.2) is 0 Å². The molecule has 0 aromatic heterocycles.